The van der Waals surface area contributed by atoms with E-state index < -0.39 is 6.10 Å². The van der Waals surface area contributed by atoms with Gasteiger partial charge in [0.2, 0.25) is 0 Å². The Morgan fingerprint density at radius 2 is 2.06 bits per heavy atom. The summed E-state index contributed by atoms with van der Waals surface area (Å²) in [5.74, 6) is 1.87. The number of hydrogen-bond acceptors (Lipinski definition) is 3. The smallest absolute Gasteiger partial charge is 0.132 e. The minimum absolute atomic E-state index is 0.0351. The highest BCUT2D eigenvalue weighted by Gasteiger charge is 2.54. The van der Waals surface area contributed by atoms with Gasteiger partial charge in [-0.3, -0.25) is 4.98 Å². The van der Waals surface area contributed by atoms with Crippen LogP contribution in [0.15, 0.2) is 54.7 Å². The summed E-state index contributed by atoms with van der Waals surface area (Å²) in [6.07, 6.45) is 4.41. The Kier molecular flexibility index (Phi) is 5.64. The molecule has 0 saturated carbocycles. The van der Waals surface area contributed by atoms with Crippen LogP contribution in [0.1, 0.15) is 43.4 Å². The molecule has 2 aromatic carbocycles. The molecular formula is C27H32FN2O2+. The molecule has 1 N–H and O–H groups in total. The molecule has 5 atom stereocenters. The number of rotatable bonds is 6. The number of pyridine rings is 1. The number of aromatic nitrogens is 1. The van der Waals surface area contributed by atoms with Gasteiger partial charge in [-0.05, 0) is 48.2 Å². The molecule has 168 valence electrons. The van der Waals surface area contributed by atoms with Crippen molar-refractivity contribution in [3.8, 4) is 5.75 Å². The van der Waals surface area contributed by atoms with Crippen LogP contribution in [0.25, 0.3) is 10.9 Å². The van der Waals surface area contributed by atoms with E-state index in [9.17, 15) is 9.50 Å². The topological polar surface area (TPSA) is 42.4 Å². The summed E-state index contributed by atoms with van der Waals surface area (Å²) < 4.78 is 20.9. The molecule has 0 unspecified atom stereocenters. The summed E-state index contributed by atoms with van der Waals surface area (Å²) in [7, 11) is 1.65. The number of methoxy groups -OCH3 is 1. The molecule has 2 bridgehead atoms. The average Bonchev–Trinajstić information content (AvgIpc) is 2.84. The molecule has 0 spiro atoms. The third-order valence-electron chi connectivity index (χ3n) is 8.09. The van der Waals surface area contributed by atoms with E-state index in [0.717, 1.165) is 64.6 Å². The second kappa shape index (κ2) is 8.45. The molecule has 3 aliphatic rings. The number of hydrogen-bond donors (Lipinski definition) is 1. The van der Waals surface area contributed by atoms with Gasteiger partial charge in [-0.1, -0.05) is 25.1 Å². The highest BCUT2D eigenvalue weighted by molar-refractivity contribution is 5.83. The number of ether oxygens (including phenoxy) is 1. The van der Waals surface area contributed by atoms with Crippen molar-refractivity contribution in [2.24, 2.45) is 11.8 Å². The Labute approximate surface area is 189 Å². The van der Waals surface area contributed by atoms with Gasteiger partial charge in [-0.15, -0.1) is 0 Å². The van der Waals surface area contributed by atoms with E-state index in [1.165, 1.54) is 0 Å². The number of benzene rings is 2. The van der Waals surface area contributed by atoms with Crippen LogP contribution in [0.5, 0.6) is 5.75 Å². The largest absolute Gasteiger partial charge is 0.497 e. The van der Waals surface area contributed by atoms with Gasteiger partial charge >= 0.3 is 0 Å². The number of nitrogens with zero attached hydrogens (tertiary/aromatic N) is 2. The fraction of sp³-hybridized carbons (Fsp3) is 0.444. The monoisotopic (exact) mass is 435 g/mol. The van der Waals surface area contributed by atoms with Crippen LogP contribution in [0.2, 0.25) is 0 Å². The van der Waals surface area contributed by atoms with Gasteiger partial charge in [0.25, 0.3) is 0 Å². The molecule has 3 saturated heterocycles. The second-order valence-corrected chi connectivity index (χ2v) is 9.62. The van der Waals surface area contributed by atoms with Crippen molar-refractivity contribution in [1.29, 1.82) is 0 Å². The molecule has 3 aliphatic heterocycles. The van der Waals surface area contributed by atoms with E-state index in [1.54, 1.807) is 25.4 Å². The fourth-order valence-electron chi connectivity index (χ4n) is 6.37. The quantitative estimate of drug-likeness (QED) is 0.538. The third kappa shape index (κ3) is 3.57. The number of halogens is 1. The molecule has 0 radical (unpaired) electrons. The molecule has 3 aromatic rings. The molecular weight excluding hydrogens is 403 g/mol. The van der Waals surface area contributed by atoms with Crippen LogP contribution in [-0.2, 0) is 6.54 Å². The summed E-state index contributed by atoms with van der Waals surface area (Å²) in [5.41, 5.74) is 2.50. The summed E-state index contributed by atoms with van der Waals surface area (Å²) in [6, 6.07) is 14.9. The van der Waals surface area contributed by atoms with Gasteiger partial charge in [0.15, 0.2) is 0 Å². The van der Waals surface area contributed by atoms with Crippen LogP contribution in [0.4, 0.5) is 4.39 Å². The normalized spacial score (nSPS) is 28.1. The molecule has 0 aliphatic carbocycles. The first kappa shape index (κ1) is 21.4. The van der Waals surface area contributed by atoms with Gasteiger partial charge in [0.05, 0.1) is 25.7 Å². The lowest BCUT2D eigenvalue weighted by molar-refractivity contribution is -0.986. The summed E-state index contributed by atoms with van der Waals surface area (Å²) in [5, 5.41) is 12.8. The Morgan fingerprint density at radius 1 is 1.22 bits per heavy atom. The first-order valence-corrected chi connectivity index (χ1v) is 11.7. The van der Waals surface area contributed by atoms with Gasteiger partial charge < -0.3 is 14.3 Å². The van der Waals surface area contributed by atoms with Crippen molar-refractivity contribution in [3.63, 3.8) is 0 Å². The molecule has 3 fully saturated rings. The molecule has 4 nitrogen and oxygen atoms in total. The third-order valence-corrected chi connectivity index (χ3v) is 8.09. The van der Waals surface area contributed by atoms with Gasteiger partial charge in [-0.25, -0.2) is 4.39 Å². The van der Waals surface area contributed by atoms with Crippen molar-refractivity contribution in [2.75, 3.05) is 20.2 Å². The first-order valence-electron chi connectivity index (χ1n) is 11.7. The first-order chi connectivity index (χ1) is 15.5. The Hall–Kier alpha value is -2.50. The van der Waals surface area contributed by atoms with Crippen molar-refractivity contribution < 1.29 is 18.7 Å². The van der Waals surface area contributed by atoms with Crippen molar-refractivity contribution >= 4 is 10.9 Å². The van der Waals surface area contributed by atoms with Gasteiger partial charge in [-0.2, -0.15) is 0 Å². The van der Waals surface area contributed by atoms with Crippen molar-refractivity contribution in [2.45, 2.75) is 44.9 Å². The van der Waals surface area contributed by atoms with Crippen LogP contribution < -0.4 is 4.74 Å². The number of aliphatic hydroxyl groups excluding tert-OH is 1. The molecule has 32 heavy (non-hydrogen) atoms. The van der Waals surface area contributed by atoms with Crippen molar-refractivity contribution in [1.82, 2.24) is 4.98 Å². The van der Waals surface area contributed by atoms with Gasteiger partial charge in [0.1, 0.15) is 30.3 Å². The highest BCUT2D eigenvalue weighted by atomic mass is 19.1. The van der Waals surface area contributed by atoms with Crippen LogP contribution in [0, 0.1) is 17.7 Å². The molecule has 6 rings (SSSR count). The molecule has 4 heterocycles. The zero-order chi connectivity index (χ0) is 22.3. The maximum Gasteiger partial charge on any atom is 0.132 e. The van der Waals surface area contributed by atoms with E-state index >= 15 is 0 Å². The van der Waals surface area contributed by atoms with E-state index in [-0.39, 0.29) is 11.9 Å². The Balaban J connectivity index is 1.57. The van der Waals surface area contributed by atoms with E-state index in [4.69, 9.17) is 4.74 Å². The van der Waals surface area contributed by atoms with Gasteiger partial charge in [0, 0.05) is 35.9 Å². The maximum atomic E-state index is 14.7. The number of aliphatic hydroxyl groups is 1. The minimum Gasteiger partial charge on any atom is -0.497 e. The summed E-state index contributed by atoms with van der Waals surface area (Å²) in [6.45, 7) is 4.89. The molecule has 0 amide bonds. The SMILES string of the molecule is CC[C@H]1C[N@+]2(Cc3ccccc3F)CC[C@H]1C[C@H]2[C@H](O)c1ccnc2ccc(OC)cc12. The lowest BCUT2D eigenvalue weighted by Gasteiger charge is -2.58. The standard InChI is InChI=1S/C27H32FN2O2/c1-3-18-16-30(17-20-6-4-5-7-24(20)28)13-11-19(18)14-26(30)27(31)22-10-12-29-25-9-8-21(32-2)15-23(22)25/h4-10,12,15,18-19,26-27,31H,3,11,13-14,16-17H2,1-2H3/q+1/t18-,19-,26-,27+,30-/m0/s1. The highest BCUT2D eigenvalue weighted by Crippen LogP contribution is 2.48. The maximum absolute atomic E-state index is 14.7. The van der Waals surface area contributed by atoms with Crippen LogP contribution in [0.3, 0.4) is 0 Å². The predicted molar refractivity (Wildman–Crippen MR) is 124 cm³/mol. The number of fused-ring (bicyclic) bond motifs is 4. The van der Waals surface area contributed by atoms with Crippen LogP contribution in [-0.4, -0.2) is 40.8 Å². The Bertz CT molecular complexity index is 1120. The fourth-order valence-corrected chi connectivity index (χ4v) is 6.37. The number of piperidine rings is 3. The predicted octanol–water partition coefficient (Wildman–Crippen LogP) is 5.25. The summed E-state index contributed by atoms with van der Waals surface area (Å²) in [4.78, 5) is 4.49. The molecule has 1 aromatic heterocycles. The Morgan fingerprint density at radius 3 is 2.84 bits per heavy atom. The zero-order valence-electron chi connectivity index (χ0n) is 18.9. The van der Waals surface area contributed by atoms with Crippen LogP contribution >= 0.6 is 0 Å². The summed E-state index contributed by atoms with van der Waals surface area (Å²) >= 11 is 0. The van der Waals surface area contributed by atoms with E-state index in [1.807, 2.05) is 36.4 Å². The minimum atomic E-state index is -0.639. The molecule has 5 heteroatoms. The lowest BCUT2D eigenvalue weighted by Crippen LogP contribution is -2.67. The van der Waals surface area contributed by atoms with E-state index in [0.29, 0.717) is 18.4 Å². The number of quaternary nitrogens is 1. The van der Waals surface area contributed by atoms with E-state index in [2.05, 4.69) is 11.9 Å². The van der Waals surface area contributed by atoms with Crippen molar-refractivity contribution in [3.05, 3.63) is 71.7 Å². The zero-order valence-corrected chi connectivity index (χ0v) is 18.9. The average molecular weight is 436 g/mol. The second-order valence-electron chi connectivity index (χ2n) is 9.62. The lowest BCUT2D eigenvalue weighted by atomic mass is 9.70.